The summed E-state index contributed by atoms with van der Waals surface area (Å²) >= 11 is 5.97. The van der Waals surface area contributed by atoms with E-state index in [2.05, 4.69) is 17.4 Å². The molecule has 1 aliphatic rings. The second-order valence-corrected chi connectivity index (χ2v) is 5.86. The third-order valence-electron chi connectivity index (χ3n) is 3.74. The summed E-state index contributed by atoms with van der Waals surface area (Å²) in [4.78, 5) is 0. The second-order valence-electron chi connectivity index (χ2n) is 5.43. The molecule has 0 saturated heterocycles. The summed E-state index contributed by atoms with van der Waals surface area (Å²) in [6, 6.07) is 15.5. The van der Waals surface area contributed by atoms with Crippen molar-refractivity contribution in [2.45, 2.75) is 18.9 Å². The molecule has 20 heavy (non-hydrogen) atoms. The van der Waals surface area contributed by atoms with Gasteiger partial charge in [0.1, 0.15) is 5.75 Å². The molecular formula is C17H18ClNO. The fourth-order valence-electron chi connectivity index (χ4n) is 2.36. The molecule has 0 radical (unpaired) electrons. The molecule has 1 atom stereocenters. The molecule has 2 aromatic rings. The Kier molecular flexibility index (Phi) is 3.95. The number of phenols is 1. The molecule has 0 aliphatic heterocycles. The summed E-state index contributed by atoms with van der Waals surface area (Å²) in [5.74, 6) is 1.12. The summed E-state index contributed by atoms with van der Waals surface area (Å²) in [5, 5.41) is 13.8. The molecule has 0 amide bonds. The molecule has 0 spiro atoms. The van der Waals surface area contributed by atoms with Gasteiger partial charge in [-0.1, -0.05) is 35.9 Å². The quantitative estimate of drug-likeness (QED) is 0.866. The minimum Gasteiger partial charge on any atom is -0.508 e. The van der Waals surface area contributed by atoms with E-state index in [1.54, 1.807) is 12.1 Å². The first kappa shape index (κ1) is 13.5. The summed E-state index contributed by atoms with van der Waals surface area (Å²) in [7, 11) is 0. The fraction of sp³-hybridized carbons (Fsp3) is 0.294. The molecule has 3 heteroatoms. The van der Waals surface area contributed by atoms with Gasteiger partial charge in [0.25, 0.3) is 0 Å². The van der Waals surface area contributed by atoms with Gasteiger partial charge in [0, 0.05) is 5.02 Å². The minimum absolute atomic E-state index is 0.147. The number of halogens is 1. The van der Waals surface area contributed by atoms with E-state index in [0.717, 1.165) is 23.0 Å². The predicted octanol–water partition coefficient (Wildman–Crippen LogP) is 4.13. The lowest BCUT2D eigenvalue weighted by Crippen LogP contribution is -2.24. The van der Waals surface area contributed by atoms with Crippen LogP contribution in [-0.2, 0) is 0 Å². The maximum absolute atomic E-state index is 9.44. The molecule has 1 saturated carbocycles. The van der Waals surface area contributed by atoms with Gasteiger partial charge in [-0.05, 0) is 60.7 Å². The molecule has 0 aromatic heterocycles. The highest BCUT2D eigenvalue weighted by atomic mass is 35.5. The van der Waals surface area contributed by atoms with E-state index in [0.29, 0.717) is 5.75 Å². The average molecular weight is 288 g/mol. The van der Waals surface area contributed by atoms with Gasteiger partial charge in [0.05, 0.1) is 6.04 Å². The van der Waals surface area contributed by atoms with Crippen LogP contribution in [0, 0.1) is 5.92 Å². The highest BCUT2D eigenvalue weighted by Gasteiger charge is 2.23. The molecule has 1 unspecified atom stereocenters. The Hall–Kier alpha value is -1.51. The number of rotatable bonds is 5. The Morgan fingerprint density at radius 3 is 2.10 bits per heavy atom. The van der Waals surface area contributed by atoms with Crippen LogP contribution >= 0.6 is 11.6 Å². The van der Waals surface area contributed by atoms with E-state index >= 15 is 0 Å². The lowest BCUT2D eigenvalue weighted by molar-refractivity contribution is 0.474. The summed E-state index contributed by atoms with van der Waals surface area (Å²) < 4.78 is 0. The van der Waals surface area contributed by atoms with Gasteiger partial charge in [-0.25, -0.2) is 0 Å². The van der Waals surface area contributed by atoms with Crippen LogP contribution in [0.15, 0.2) is 48.5 Å². The van der Waals surface area contributed by atoms with Crippen LogP contribution in [0.1, 0.15) is 30.0 Å². The van der Waals surface area contributed by atoms with Crippen molar-refractivity contribution < 1.29 is 5.11 Å². The van der Waals surface area contributed by atoms with Crippen molar-refractivity contribution in [2.24, 2.45) is 5.92 Å². The molecule has 2 aromatic carbocycles. The van der Waals surface area contributed by atoms with Crippen LogP contribution in [0.3, 0.4) is 0 Å². The molecule has 3 rings (SSSR count). The second kappa shape index (κ2) is 5.86. The van der Waals surface area contributed by atoms with E-state index in [1.165, 1.54) is 18.4 Å². The smallest absolute Gasteiger partial charge is 0.115 e. The van der Waals surface area contributed by atoms with Gasteiger partial charge < -0.3 is 10.4 Å². The van der Waals surface area contributed by atoms with E-state index in [9.17, 15) is 5.11 Å². The Morgan fingerprint density at radius 1 is 1.00 bits per heavy atom. The molecule has 2 N–H and O–H groups in total. The van der Waals surface area contributed by atoms with Gasteiger partial charge in [0.2, 0.25) is 0 Å². The molecule has 1 fully saturated rings. The van der Waals surface area contributed by atoms with Gasteiger partial charge in [-0.15, -0.1) is 0 Å². The highest BCUT2D eigenvalue weighted by Crippen LogP contribution is 2.30. The topological polar surface area (TPSA) is 32.3 Å². The van der Waals surface area contributed by atoms with Gasteiger partial charge >= 0.3 is 0 Å². The molecule has 104 valence electrons. The van der Waals surface area contributed by atoms with Crippen LogP contribution in [0.2, 0.25) is 5.02 Å². The molecule has 0 bridgehead atoms. The van der Waals surface area contributed by atoms with E-state index < -0.39 is 0 Å². The number of aromatic hydroxyl groups is 1. The zero-order valence-electron chi connectivity index (χ0n) is 11.2. The van der Waals surface area contributed by atoms with E-state index in [1.807, 2.05) is 24.3 Å². The van der Waals surface area contributed by atoms with Crippen LogP contribution in [0.5, 0.6) is 5.75 Å². The summed E-state index contributed by atoms with van der Waals surface area (Å²) in [6.45, 7) is 1.04. The maximum atomic E-state index is 9.44. The summed E-state index contributed by atoms with van der Waals surface area (Å²) in [5.41, 5.74) is 2.35. The van der Waals surface area contributed by atoms with Crippen molar-refractivity contribution >= 4 is 11.6 Å². The normalized spacial score (nSPS) is 16.1. The number of hydrogen-bond acceptors (Lipinski definition) is 2. The Bertz CT molecular complexity index is 515. The number of nitrogens with one attached hydrogen (secondary N) is 1. The highest BCUT2D eigenvalue weighted by molar-refractivity contribution is 6.30. The van der Waals surface area contributed by atoms with Crippen LogP contribution < -0.4 is 5.32 Å². The maximum Gasteiger partial charge on any atom is 0.115 e. The Morgan fingerprint density at radius 2 is 1.55 bits per heavy atom. The number of benzene rings is 2. The van der Waals surface area contributed by atoms with Crippen molar-refractivity contribution in [2.75, 3.05) is 6.54 Å². The van der Waals surface area contributed by atoms with E-state index in [-0.39, 0.29) is 6.04 Å². The van der Waals surface area contributed by atoms with Crippen LogP contribution in [0.25, 0.3) is 0 Å². The lowest BCUT2D eigenvalue weighted by atomic mass is 9.98. The summed E-state index contributed by atoms with van der Waals surface area (Å²) in [6.07, 6.45) is 2.66. The first-order valence-corrected chi connectivity index (χ1v) is 7.38. The Balaban J connectivity index is 1.85. The van der Waals surface area contributed by atoms with Crippen molar-refractivity contribution in [3.63, 3.8) is 0 Å². The van der Waals surface area contributed by atoms with E-state index in [4.69, 9.17) is 11.6 Å². The van der Waals surface area contributed by atoms with Crippen molar-refractivity contribution in [1.29, 1.82) is 0 Å². The molecular weight excluding hydrogens is 270 g/mol. The van der Waals surface area contributed by atoms with Crippen LogP contribution in [0.4, 0.5) is 0 Å². The zero-order valence-corrected chi connectivity index (χ0v) is 12.0. The Labute approximate surface area is 124 Å². The lowest BCUT2D eigenvalue weighted by Gasteiger charge is -2.20. The minimum atomic E-state index is 0.147. The number of phenolic OH excluding ortho intramolecular Hbond substituents is 1. The van der Waals surface area contributed by atoms with Crippen molar-refractivity contribution in [3.8, 4) is 5.75 Å². The van der Waals surface area contributed by atoms with Gasteiger partial charge in [-0.2, -0.15) is 0 Å². The SMILES string of the molecule is Oc1ccc(C(NCC2CC2)c2ccc(Cl)cc2)cc1. The first-order chi connectivity index (χ1) is 9.72. The van der Waals surface area contributed by atoms with Crippen molar-refractivity contribution in [1.82, 2.24) is 5.32 Å². The zero-order chi connectivity index (χ0) is 13.9. The van der Waals surface area contributed by atoms with Crippen molar-refractivity contribution in [3.05, 3.63) is 64.7 Å². The predicted molar refractivity (Wildman–Crippen MR) is 82.1 cm³/mol. The largest absolute Gasteiger partial charge is 0.508 e. The number of hydrogen-bond donors (Lipinski definition) is 2. The first-order valence-electron chi connectivity index (χ1n) is 7.00. The third kappa shape index (κ3) is 3.33. The van der Waals surface area contributed by atoms with Gasteiger partial charge in [-0.3, -0.25) is 0 Å². The monoisotopic (exact) mass is 287 g/mol. The fourth-order valence-corrected chi connectivity index (χ4v) is 2.48. The molecule has 1 aliphatic carbocycles. The average Bonchev–Trinajstić information content (AvgIpc) is 3.27. The van der Waals surface area contributed by atoms with Crippen LogP contribution in [-0.4, -0.2) is 11.7 Å². The standard InChI is InChI=1S/C17H18ClNO/c18-15-7-3-13(4-8-15)17(19-11-12-1-2-12)14-5-9-16(20)10-6-14/h3-10,12,17,19-20H,1-2,11H2. The third-order valence-corrected chi connectivity index (χ3v) is 3.99. The molecule has 0 heterocycles. The van der Waals surface area contributed by atoms with Gasteiger partial charge in [0.15, 0.2) is 0 Å². The molecule has 2 nitrogen and oxygen atoms in total.